The molecule has 0 aromatic heterocycles. The molecule has 102 valence electrons. The number of hydrogen-bond acceptors (Lipinski definition) is 1. The Labute approximate surface area is 109 Å². The minimum absolute atomic E-state index is 0.716. The zero-order chi connectivity index (χ0) is 12.8. The lowest BCUT2D eigenvalue weighted by Crippen LogP contribution is -2.28. The van der Waals surface area contributed by atoms with Crippen LogP contribution in [-0.2, 0) is 0 Å². The summed E-state index contributed by atoms with van der Waals surface area (Å²) >= 11 is 0. The molecule has 0 aliphatic heterocycles. The average molecular weight is 239 g/mol. The quantitative estimate of drug-likeness (QED) is 0.349. The molecule has 0 heterocycles. The molecule has 0 rings (SSSR count). The van der Waals surface area contributed by atoms with E-state index in [4.69, 9.17) is 0 Å². The fourth-order valence-corrected chi connectivity index (χ4v) is 2.30. The summed E-state index contributed by atoms with van der Waals surface area (Å²) < 4.78 is 0. The van der Waals surface area contributed by atoms with Gasteiger partial charge in [0.05, 0.1) is 0 Å². The molecule has 1 atom stereocenters. The van der Waals surface area contributed by atoms with E-state index in [9.17, 15) is 0 Å². The molecule has 0 spiro atoms. The summed E-state index contributed by atoms with van der Waals surface area (Å²) in [6, 6.07) is 0.716. The zero-order valence-corrected chi connectivity index (χ0v) is 12.1. The number of unbranched alkanes of at least 4 members (excludes halogenated alkanes) is 6. The molecule has 1 nitrogen and oxygen atoms in total. The van der Waals surface area contributed by atoms with Crippen LogP contribution in [0, 0.1) is 0 Å². The summed E-state index contributed by atoms with van der Waals surface area (Å²) in [5.41, 5.74) is 0. The molecule has 1 unspecified atom stereocenters. The lowest BCUT2D eigenvalue weighted by Gasteiger charge is -2.16. The van der Waals surface area contributed by atoms with Crippen LogP contribution in [0.2, 0.25) is 0 Å². The predicted octanol–water partition coefficient (Wildman–Crippen LogP) is 5.07. The molecule has 0 aromatic rings. The highest BCUT2D eigenvalue weighted by atomic mass is 14.9. The van der Waals surface area contributed by atoms with Gasteiger partial charge in [0, 0.05) is 6.04 Å². The highest BCUT2D eigenvalue weighted by Gasteiger charge is 2.05. The topological polar surface area (TPSA) is 12.0 Å². The summed E-state index contributed by atoms with van der Waals surface area (Å²) in [5.74, 6) is 0. The lowest BCUT2D eigenvalue weighted by molar-refractivity contribution is 0.441. The molecule has 0 radical (unpaired) electrons. The van der Waals surface area contributed by atoms with E-state index in [0.717, 1.165) is 13.0 Å². The second-order valence-corrected chi connectivity index (χ2v) is 5.03. The van der Waals surface area contributed by atoms with Crippen molar-refractivity contribution in [3.63, 3.8) is 0 Å². The maximum atomic E-state index is 3.80. The van der Waals surface area contributed by atoms with Gasteiger partial charge in [0.2, 0.25) is 0 Å². The van der Waals surface area contributed by atoms with Gasteiger partial charge < -0.3 is 5.32 Å². The number of allylic oxidation sites excluding steroid dienone is 1. The van der Waals surface area contributed by atoms with Gasteiger partial charge in [-0.25, -0.2) is 0 Å². The van der Waals surface area contributed by atoms with Crippen LogP contribution in [-0.4, -0.2) is 12.6 Å². The third kappa shape index (κ3) is 12.0. The maximum absolute atomic E-state index is 3.80. The van der Waals surface area contributed by atoms with Gasteiger partial charge in [0.25, 0.3) is 0 Å². The van der Waals surface area contributed by atoms with Crippen LogP contribution in [0.15, 0.2) is 12.7 Å². The van der Waals surface area contributed by atoms with Crippen molar-refractivity contribution < 1.29 is 0 Å². The first kappa shape index (κ1) is 16.7. The Balaban J connectivity index is 3.36. The van der Waals surface area contributed by atoms with E-state index in [1.807, 2.05) is 6.08 Å². The van der Waals surface area contributed by atoms with Crippen molar-refractivity contribution in [2.45, 2.75) is 84.1 Å². The molecule has 0 saturated carbocycles. The smallest absolute Gasteiger partial charge is 0.00698 e. The Morgan fingerprint density at radius 2 is 1.59 bits per heavy atom. The molecule has 1 N–H and O–H groups in total. The summed E-state index contributed by atoms with van der Waals surface area (Å²) in [6.07, 6.45) is 15.7. The van der Waals surface area contributed by atoms with E-state index in [2.05, 4.69) is 25.7 Å². The summed E-state index contributed by atoms with van der Waals surface area (Å²) in [7, 11) is 0. The number of hydrogen-bond donors (Lipinski definition) is 1. The summed E-state index contributed by atoms with van der Waals surface area (Å²) in [6.45, 7) is 9.38. The number of rotatable bonds is 13. The first-order valence-corrected chi connectivity index (χ1v) is 7.69. The molecule has 1 heteroatoms. The maximum Gasteiger partial charge on any atom is 0.00698 e. The van der Waals surface area contributed by atoms with E-state index >= 15 is 0 Å². The largest absolute Gasteiger partial charge is 0.314 e. The minimum Gasteiger partial charge on any atom is -0.314 e. The predicted molar refractivity (Wildman–Crippen MR) is 79.5 cm³/mol. The second kappa shape index (κ2) is 13.8. The Kier molecular flexibility index (Phi) is 13.5. The van der Waals surface area contributed by atoms with Gasteiger partial charge in [-0.2, -0.15) is 0 Å². The lowest BCUT2D eigenvalue weighted by atomic mass is 10.0. The van der Waals surface area contributed by atoms with E-state index in [-0.39, 0.29) is 0 Å². The molecule has 0 saturated heterocycles. The monoisotopic (exact) mass is 239 g/mol. The fourth-order valence-electron chi connectivity index (χ4n) is 2.30. The van der Waals surface area contributed by atoms with Crippen LogP contribution in [0.5, 0.6) is 0 Å². The van der Waals surface area contributed by atoms with E-state index in [0.29, 0.717) is 6.04 Å². The van der Waals surface area contributed by atoms with Crippen LogP contribution < -0.4 is 5.32 Å². The van der Waals surface area contributed by atoms with Crippen molar-refractivity contribution in [2.24, 2.45) is 0 Å². The third-order valence-electron chi connectivity index (χ3n) is 3.37. The molecule has 0 fully saturated rings. The van der Waals surface area contributed by atoms with Crippen LogP contribution in [0.4, 0.5) is 0 Å². The molecule has 0 aliphatic carbocycles. The first-order valence-electron chi connectivity index (χ1n) is 7.69. The van der Waals surface area contributed by atoms with E-state index in [1.165, 1.54) is 57.8 Å². The molecule has 17 heavy (non-hydrogen) atoms. The van der Waals surface area contributed by atoms with E-state index in [1.54, 1.807) is 0 Å². The molecular weight excluding hydrogens is 206 g/mol. The van der Waals surface area contributed by atoms with Crippen molar-refractivity contribution in [1.29, 1.82) is 0 Å². The minimum atomic E-state index is 0.716. The van der Waals surface area contributed by atoms with Gasteiger partial charge in [0.1, 0.15) is 0 Å². The van der Waals surface area contributed by atoms with Crippen LogP contribution in [0.25, 0.3) is 0 Å². The molecule has 0 aliphatic rings. The van der Waals surface area contributed by atoms with Gasteiger partial charge in [-0.05, 0) is 25.8 Å². The summed E-state index contributed by atoms with van der Waals surface area (Å²) in [5, 5.41) is 3.58. The zero-order valence-electron chi connectivity index (χ0n) is 12.1. The molecule has 0 aromatic carbocycles. The first-order chi connectivity index (χ1) is 8.35. The second-order valence-electron chi connectivity index (χ2n) is 5.03. The average Bonchev–Trinajstić information content (AvgIpc) is 2.34. The SMILES string of the molecule is C=CCCC(CCCCCCCCC)NCC. The fraction of sp³-hybridized carbons (Fsp3) is 0.875. The third-order valence-corrected chi connectivity index (χ3v) is 3.37. The van der Waals surface area contributed by atoms with Crippen molar-refractivity contribution in [1.82, 2.24) is 5.32 Å². The Morgan fingerprint density at radius 1 is 0.941 bits per heavy atom. The van der Waals surface area contributed by atoms with Crippen molar-refractivity contribution in [3.8, 4) is 0 Å². The van der Waals surface area contributed by atoms with Crippen molar-refractivity contribution >= 4 is 0 Å². The Bertz CT molecular complexity index is 154. The highest BCUT2D eigenvalue weighted by Crippen LogP contribution is 2.12. The normalized spacial score (nSPS) is 12.6. The van der Waals surface area contributed by atoms with Gasteiger partial charge in [-0.3, -0.25) is 0 Å². The van der Waals surface area contributed by atoms with Crippen molar-refractivity contribution in [3.05, 3.63) is 12.7 Å². The molecule has 0 bridgehead atoms. The number of nitrogens with one attached hydrogen (secondary N) is 1. The summed E-state index contributed by atoms with van der Waals surface area (Å²) in [4.78, 5) is 0. The van der Waals surface area contributed by atoms with Gasteiger partial charge >= 0.3 is 0 Å². The van der Waals surface area contributed by atoms with Crippen LogP contribution >= 0.6 is 0 Å². The van der Waals surface area contributed by atoms with Crippen LogP contribution in [0.1, 0.15) is 78.1 Å². The molecule has 0 amide bonds. The Hall–Kier alpha value is -0.300. The molecular formula is C16H33N. The standard InChI is InChI=1S/C16H33N/c1-4-7-9-10-11-12-13-15-16(17-6-3)14-8-5-2/h5,16-17H,2,4,6-15H2,1,3H3. The van der Waals surface area contributed by atoms with Crippen LogP contribution in [0.3, 0.4) is 0 Å². The van der Waals surface area contributed by atoms with Gasteiger partial charge in [-0.15, -0.1) is 6.58 Å². The van der Waals surface area contributed by atoms with Crippen molar-refractivity contribution in [2.75, 3.05) is 6.54 Å². The Morgan fingerprint density at radius 3 is 2.18 bits per heavy atom. The highest BCUT2D eigenvalue weighted by molar-refractivity contribution is 4.73. The van der Waals surface area contributed by atoms with Gasteiger partial charge in [-0.1, -0.05) is 64.9 Å². The van der Waals surface area contributed by atoms with Gasteiger partial charge in [0.15, 0.2) is 0 Å². The van der Waals surface area contributed by atoms with E-state index < -0.39 is 0 Å².